The summed E-state index contributed by atoms with van der Waals surface area (Å²) in [5, 5.41) is 1.63. The second-order valence-corrected chi connectivity index (χ2v) is 8.54. The smallest absolute Gasteiger partial charge is 0.336 e. The molecule has 0 unspecified atom stereocenters. The van der Waals surface area contributed by atoms with Crippen LogP contribution in [0.25, 0.3) is 21.9 Å². The van der Waals surface area contributed by atoms with Gasteiger partial charge in [0.1, 0.15) is 11.2 Å². The zero-order valence-corrected chi connectivity index (χ0v) is 20.9. The van der Waals surface area contributed by atoms with E-state index in [4.69, 9.17) is 8.83 Å². The molecule has 180 valence electrons. The maximum atomic E-state index is 13.3. The summed E-state index contributed by atoms with van der Waals surface area (Å²) in [6.07, 6.45) is 9.00. The summed E-state index contributed by atoms with van der Waals surface area (Å²) in [7, 11) is 0. The molecule has 0 amide bonds. The quantitative estimate of drug-likeness (QED) is 0.135. The molecule has 0 saturated carbocycles. The first-order valence-corrected chi connectivity index (χ1v) is 12.7. The lowest BCUT2D eigenvalue weighted by molar-refractivity contribution is 0.101. The number of carbonyl (C=O) groups is 1. The second-order valence-electron chi connectivity index (χ2n) is 8.54. The molecule has 0 aliphatic rings. The average Bonchev–Trinajstić information content (AvgIpc) is 3.23. The Balaban J connectivity index is 0.00000158. The van der Waals surface area contributed by atoms with E-state index in [2.05, 4.69) is 6.92 Å². The van der Waals surface area contributed by atoms with Crippen LogP contribution in [0.5, 0.6) is 0 Å². The van der Waals surface area contributed by atoms with Crippen LogP contribution in [-0.2, 0) is 6.42 Å². The zero-order valence-electron chi connectivity index (χ0n) is 20.9. The Bertz CT molecular complexity index is 1280. The first-order valence-electron chi connectivity index (χ1n) is 12.7. The van der Waals surface area contributed by atoms with Gasteiger partial charge in [0.25, 0.3) is 0 Å². The number of benzene rings is 2. The largest absolute Gasteiger partial charge is 0.452 e. The molecular formula is C30H36O4. The summed E-state index contributed by atoms with van der Waals surface area (Å²) in [6.45, 7) is 8.12. The van der Waals surface area contributed by atoms with Gasteiger partial charge >= 0.3 is 5.63 Å². The van der Waals surface area contributed by atoms with E-state index in [1.165, 1.54) is 38.2 Å². The topological polar surface area (TPSA) is 60.4 Å². The van der Waals surface area contributed by atoms with Gasteiger partial charge in [-0.05, 0) is 37.5 Å². The first-order chi connectivity index (χ1) is 16.6. The minimum atomic E-state index is -0.387. The monoisotopic (exact) mass is 460 g/mol. The summed E-state index contributed by atoms with van der Waals surface area (Å²) >= 11 is 0. The van der Waals surface area contributed by atoms with Gasteiger partial charge in [0.05, 0.1) is 5.39 Å². The van der Waals surface area contributed by atoms with E-state index in [1.54, 1.807) is 12.1 Å². The fourth-order valence-electron chi connectivity index (χ4n) is 4.42. The molecule has 34 heavy (non-hydrogen) atoms. The number of carbonyl (C=O) groups excluding carboxylic acids is 1. The van der Waals surface area contributed by atoms with E-state index in [0.717, 1.165) is 34.7 Å². The molecule has 4 rings (SSSR count). The third-order valence-corrected chi connectivity index (χ3v) is 6.14. The van der Waals surface area contributed by atoms with Gasteiger partial charge in [0, 0.05) is 22.6 Å². The van der Waals surface area contributed by atoms with Crippen molar-refractivity contribution < 1.29 is 13.6 Å². The fourth-order valence-corrected chi connectivity index (χ4v) is 4.42. The Kier molecular flexibility index (Phi) is 9.26. The van der Waals surface area contributed by atoms with Crippen LogP contribution in [0.3, 0.4) is 0 Å². The van der Waals surface area contributed by atoms with E-state index in [-0.39, 0.29) is 11.4 Å². The molecular weight excluding hydrogens is 424 g/mol. The SMILES string of the molecule is CC.CCCCCCCCCc1c(C(=O)c2ccccc2)oc2ccc3c(C)cc(=O)oc3c12. The fraction of sp³-hybridized carbons (Fsp3) is 0.400. The molecule has 0 aliphatic heterocycles. The lowest BCUT2D eigenvalue weighted by Gasteiger charge is -2.06. The highest BCUT2D eigenvalue weighted by atomic mass is 16.4. The van der Waals surface area contributed by atoms with E-state index in [1.807, 2.05) is 51.1 Å². The molecule has 2 aromatic heterocycles. The summed E-state index contributed by atoms with van der Waals surface area (Å²) in [4.78, 5) is 25.5. The number of unbranched alkanes of at least 4 members (excludes halogenated alkanes) is 6. The molecule has 4 heteroatoms. The van der Waals surface area contributed by atoms with Gasteiger partial charge in [0.15, 0.2) is 5.76 Å². The second kappa shape index (κ2) is 12.4. The lowest BCUT2D eigenvalue weighted by Crippen LogP contribution is -2.04. The van der Waals surface area contributed by atoms with Gasteiger partial charge in [0.2, 0.25) is 5.78 Å². The standard InChI is InChI=1S/C28H30O4.C2H6/c1-3-4-5-6-7-8-12-15-22-25-23(17-16-21-19(2)18-24(29)32-27(21)25)31-28(22)26(30)20-13-10-9-11-14-20;1-2/h9-11,13-14,16-18H,3-8,12,15H2,1-2H3;1-2H3. The van der Waals surface area contributed by atoms with Crippen molar-refractivity contribution in [1.82, 2.24) is 0 Å². The number of hydrogen-bond acceptors (Lipinski definition) is 4. The van der Waals surface area contributed by atoms with Crippen LogP contribution in [0.2, 0.25) is 0 Å². The number of aryl methyl sites for hydroxylation is 2. The first kappa shape index (κ1) is 25.5. The maximum Gasteiger partial charge on any atom is 0.336 e. The molecule has 4 aromatic rings. The third-order valence-electron chi connectivity index (χ3n) is 6.14. The number of hydrogen-bond donors (Lipinski definition) is 0. The highest BCUT2D eigenvalue weighted by molar-refractivity contribution is 6.14. The van der Waals surface area contributed by atoms with E-state index < -0.39 is 0 Å². The Labute approximate surface area is 202 Å². The van der Waals surface area contributed by atoms with Gasteiger partial charge in [-0.2, -0.15) is 0 Å². The molecule has 0 atom stereocenters. The van der Waals surface area contributed by atoms with Crippen molar-refractivity contribution in [2.75, 3.05) is 0 Å². The van der Waals surface area contributed by atoms with Gasteiger partial charge < -0.3 is 8.83 Å². The lowest BCUT2D eigenvalue weighted by atomic mass is 9.97. The minimum Gasteiger partial charge on any atom is -0.452 e. The van der Waals surface area contributed by atoms with Gasteiger partial charge in [-0.15, -0.1) is 0 Å². The number of rotatable bonds is 10. The molecule has 0 bridgehead atoms. The van der Waals surface area contributed by atoms with Crippen LogP contribution in [0.1, 0.15) is 93.0 Å². The number of ketones is 1. The van der Waals surface area contributed by atoms with Gasteiger partial charge in [-0.25, -0.2) is 4.79 Å². The van der Waals surface area contributed by atoms with Crippen LogP contribution in [-0.4, -0.2) is 5.78 Å². The molecule has 0 aliphatic carbocycles. The number of fused-ring (bicyclic) bond motifs is 3. The molecule has 2 heterocycles. The Morgan fingerprint density at radius 3 is 2.24 bits per heavy atom. The van der Waals surface area contributed by atoms with Crippen LogP contribution in [0.15, 0.2) is 62.2 Å². The van der Waals surface area contributed by atoms with E-state index in [9.17, 15) is 9.59 Å². The normalized spacial score (nSPS) is 10.9. The Morgan fingerprint density at radius 2 is 1.53 bits per heavy atom. The van der Waals surface area contributed by atoms with Crippen molar-refractivity contribution in [3.8, 4) is 0 Å². The van der Waals surface area contributed by atoms with Crippen LogP contribution < -0.4 is 5.63 Å². The van der Waals surface area contributed by atoms with Crippen LogP contribution in [0, 0.1) is 6.92 Å². The summed E-state index contributed by atoms with van der Waals surface area (Å²) in [5.41, 5.74) is 3.01. The molecule has 0 N–H and O–H groups in total. The van der Waals surface area contributed by atoms with Gasteiger partial charge in [-0.1, -0.05) is 89.6 Å². The van der Waals surface area contributed by atoms with Crippen molar-refractivity contribution in [2.45, 2.75) is 79.1 Å². The van der Waals surface area contributed by atoms with Crippen molar-refractivity contribution in [2.24, 2.45) is 0 Å². The van der Waals surface area contributed by atoms with E-state index >= 15 is 0 Å². The summed E-state index contributed by atoms with van der Waals surface area (Å²) in [6, 6.07) is 14.5. The summed E-state index contributed by atoms with van der Waals surface area (Å²) in [5.74, 6) is 0.219. The molecule has 2 aromatic carbocycles. The van der Waals surface area contributed by atoms with Crippen molar-refractivity contribution in [3.05, 3.63) is 81.4 Å². The highest BCUT2D eigenvalue weighted by Gasteiger charge is 2.24. The predicted octanol–water partition coefficient (Wildman–Crippen LogP) is 8.40. The summed E-state index contributed by atoms with van der Waals surface area (Å²) < 4.78 is 11.7. The van der Waals surface area contributed by atoms with E-state index in [0.29, 0.717) is 28.9 Å². The maximum absolute atomic E-state index is 13.3. The zero-order chi connectivity index (χ0) is 24.5. The molecule has 0 saturated heterocycles. The van der Waals surface area contributed by atoms with Crippen LogP contribution in [0.4, 0.5) is 0 Å². The molecule has 0 fully saturated rings. The minimum absolute atomic E-state index is 0.136. The predicted molar refractivity (Wildman–Crippen MR) is 140 cm³/mol. The highest BCUT2D eigenvalue weighted by Crippen LogP contribution is 2.35. The molecule has 0 spiro atoms. The molecule has 4 nitrogen and oxygen atoms in total. The van der Waals surface area contributed by atoms with Crippen molar-refractivity contribution in [3.63, 3.8) is 0 Å². The Hall–Kier alpha value is -3.14. The Morgan fingerprint density at radius 1 is 0.853 bits per heavy atom. The van der Waals surface area contributed by atoms with Crippen LogP contribution >= 0.6 is 0 Å². The van der Waals surface area contributed by atoms with Crippen molar-refractivity contribution in [1.29, 1.82) is 0 Å². The van der Waals surface area contributed by atoms with Gasteiger partial charge in [-0.3, -0.25) is 4.79 Å². The molecule has 0 radical (unpaired) electrons. The average molecular weight is 461 g/mol. The van der Waals surface area contributed by atoms with Crippen molar-refractivity contribution >= 4 is 27.7 Å². The number of furan rings is 1. The third kappa shape index (κ3) is 5.67.